The SMILES string of the molecule is COc1ccc(NC(=O)CN(CCc2ccccc2)S(=O)(=O)c2ccc(Cl)cc2)c(OC)c1. The molecule has 3 rings (SSSR count). The molecule has 7 nitrogen and oxygen atoms in total. The summed E-state index contributed by atoms with van der Waals surface area (Å²) in [5.74, 6) is 0.475. The fraction of sp³-hybridized carbons (Fsp3) is 0.208. The van der Waals surface area contributed by atoms with E-state index < -0.39 is 15.9 Å². The Morgan fingerprint density at radius 2 is 1.67 bits per heavy atom. The van der Waals surface area contributed by atoms with Crippen molar-refractivity contribution in [2.75, 3.05) is 32.6 Å². The van der Waals surface area contributed by atoms with Gasteiger partial charge in [0.25, 0.3) is 0 Å². The third-order valence-corrected chi connectivity index (χ3v) is 7.06. The average molecular weight is 489 g/mol. The maximum atomic E-state index is 13.3. The first-order chi connectivity index (χ1) is 15.8. The zero-order valence-corrected chi connectivity index (χ0v) is 19.9. The number of methoxy groups -OCH3 is 2. The minimum Gasteiger partial charge on any atom is -0.497 e. The van der Waals surface area contributed by atoms with Gasteiger partial charge in [-0.25, -0.2) is 8.42 Å². The Morgan fingerprint density at radius 1 is 0.970 bits per heavy atom. The molecule has 0 spiro atoms. The van der Waals surface area contributed by atoms with Gasteiger partial charge in [0, 0.05) is 17.6 Å². The molecule has 0 unspecified atom stereocenters. The summed E-state index contributed by atoms with van der Waals surface area (Å²) in [5.41, 5.74) is 1.38. The van der Waals surface area contributed by atoms with Crippen molar-refractivity contribution in [1.29, 1.82) is 0 Å². The Balaban J connectivity index is 1.82. The van der Waals surface area contributed by atoms with Crippen molar-refractivity contribution < 1.29 is 22.7 Å². The van der Waals surface area contributed by atoms with Crippen LogP contribution in [0.25, 0.3) is 0 Å². The second kappa shape index (κ2) is 11.2. The second-order valence-corrected chi connectivity index (χ2v) is 9.52. The number of nitrogens with zero attached hydrogens (tertiary/aromatic N) is 1. The lowest BCUT2D eigenvalue weighted by atomic mass is 10.1. The van der Waals surface area contributed by atoms with E-state index in [0.717, 1.165) is 9.87 Å². The van der Waals surface area contributed by atoms with Gasteiger partial charge < -0.3 is 14.8 Å². The Hall–Kier alpha value is -3.07. The van der Waals surface area contributed by atoms with E-state index in [2.05, 4.69) is 5.32 Å². The van der Waals surface area contributed by atoms with Crippen LogP contribution in [0, 0.1) is 0 Å². The lowest BCUT2D eigenvalue weighted by Gasteiger charge is -2.22. The van der Waals surface area contributed by atoms with Crippen LogP contribution in [-0.4, -0.2) is 45.9 Å². The number of sulfonamides is 1. The van der Waals surface area contributed by atoms with Gasteiger partial charge in [0.2, 0.25) is 15.9 Å². The van der Waals surface area contributed by atoms with E-state index in [1.807, 2.05) is 30.3 Å². The molecule has 0 aliphatic carbocycles. The van der Waals surface area contributed by atoms with Crippen LogP contribution in [0.3, 0.4) is 0 Å². The van der Waals surface area contributed by atoms with Crippen LogP contribution in [0.1, 0.15) is 5.56 Å². The minimum atomic E-state index is -3.94. The highest BCUT2D eigenvalue weighted by atomic mass is 35.5. The number of carbonyl (C=O) groups is 1. The number of nitrogens with one attached hydrogen (secondary N) is 1. The number of anilines is 1. The van der Waals surface area contributed by atoms with Gasteiger partial charge in [0.15, 0.2) is 0 Å². The monoisotopic (exact) mass is 488 g/mol. The summed E-state index contributed by atoms with van der Waals surface area (Å²) < 4.78 is 38.3. The van der Waals surface area contributed by atoms with Gasteiger partial charge in [-0.05, 0) is 48.4 Å². The molecule has 0 radical (unpaired) electrons. The number of rotatable bonds is 10. The smallest absolute Gasteiger partial charge is 0.243 e. The van der Waals surface area contributed by atoms with Gasteiger partial charge in [0.1, 0.15) is 11.5 Å². The number of benzene rings is 3. The summed E-state index contributed by atoms with van der Waals surface area (Å²) in [4.78, 5) is 12.9. The van der Waals surface area contributed by atoms with Crippen LogP contribution >= 0.6 is 11.6 Å². The van der Waals surface area contributed by atoms with E-state index in [-0.39, 0.29) is 18.0 Å². The molecule has 0 aromatic heterocycles. The summed E-state index contributed by atoms with van der Waals surface area (Å²) in [6.07, 6.45) is 0.451. The molecular formula is C24H25ClN2O5S. The molecular weight excluding hydrogens is 464 g/mol. The number of hydrogen-bond donors (Lipinski definition) is 1. The van der Waals surface area contributed by atoms with Gasteiger partial charge in [-0.15, -0.1) is 0 Å². The van der Waals surface area contributed by atoms with Gasteiger partial charge in [-0.3, -0.25) is 4.79 Å². The third-order valence-electron chi connectivity index (χ3n) is 4.95. The van der Waals surface area contributed by atoms with E-state index in [4.69, 9.17) is 21.1 Å². The summed E-state index contributed by atoms with van der Waals surface area (Å²) in [6, 6.07) is 20.3. The predicted octanol–water partition coefficient (Wildman–Crippen LogP) is 4.23. The molecule has 9 heteroatoms. The lowest BCUT2D eigenvalue weighted by molar-refractivity contribution is -0.116. The van der Waals surface area contributed by atoms with Crippen LogP contribution in [0.4, 0.5) is 5.69 Å². The molecule has 0 aliphatic heterocycles. The largest absolute Gasteiger partial charge is 0.497 e. The number of halogens is 1. The van der Waals surface area contributed by atoms with E-state index in [9.17, 15) is 13.2 Å². The molecule has 3 aromatic rings. The predicted molar refractivity (Wildman–Crippen MR) is 129 cm³/mol. The number of amides is 1. The van der Waals surface area contributed by atoms with Crippen molar-refractivity contribution in [3.63, 3.8) is 0 Å². The number of hydrogen-bond acceptors (Lipinski definition) is 5. The fourth-order valence-electron chi connectivity index (χ4n) is 3.19. The van der Waals surface area contributed by atoms with Crippen LogP contribution in [0.15, 0.2) is 77.7 Å². The molecule has 3 aromatic carbocycles. The fourth-order valence-corrected chi connectivity index (χ4v) is 4.71. The van der Waals surface area contributed by atoms with E-state index in [1.165, 1.54) is 38.5 Å². The van der Waals surface area contributed by atoms with Crippen LogP contribution < -0.4 is 14.8 Å². The van der Waals surface area contributed by atoms with Crippen LogP contribution in [-0.2, 0) is 21.2 Å². The van der Waals surface area contributed by atoms with Crippen molar-refractivity contribution in [3.05, 3.63) is 83.4 Å². The highest BCUT2D eigenvalue weighted by Crippen LogP contribution is 2.29. The quantitative estimate of drug-likeness (QED) is 0.461. The molecule has 0 bridgehead atoms. The van der Waals surface area contributed by atoms with Crippen molar-refractivity contribution in [3.8, 4) is 11.5 Å². The van der Waals surface area contributed by atoms with Crippen molar-refractivity contribution in [2.24, 2.45) is 0 Å². The summed E-state index contributed by atoms with van der Waals surface area (Å²) in [5, 5.41) is 3.15. The maximum Gasteiger partial charge on any atom is 0.243 e. The topological polar surface area (TPSA) is 84.9 Å². The molecule has 33 heavy (non-hydrogen) atoms. The molecule has 0 atom stereocenters. The first-order valence-corrected chi connectivity index (χ1v) is 12.0. The maximum absolute atomic E-state index is 13.3. The first kappa shape index (κ1) is 24.6. The molecule has 0 heterocycles. The van der Waals surface area contributed by atoms with E-state index in [1.54, 1.807) is 18.2 Å². The highest BCUT2D eigenvalue weighted by Gasteiger charge is 2.27. The standard InChI is InChI=1S/C24H25ClN2O5S/c1-31-20-10-13-22(23(16-20)32-2)26-24(28)17-27(15-14-18-6-4-3-5-7-18)33(29,30)21-11-8-19(25)9-12-21/h3-13,16H,14-15,17H2,1-2H3,(H,26,28). The molecule has 0 saturated heterocycles. The zero-order chi connectivity index (χ0) is 23.8. The second-order valence-electron chi connectivity index (χ2n) is 7.14. The van der Waals surface area contributed by atoms with E-state index in [0.29, 0.717) is 28.6 Å². The van der Waals surface area contributed by atoms with Crippen LogP contribution in [0.5, 0.6) is 11.5 Å². The van der Waals surface area contributed by atoms with Crippen molar-refractivity contribution in [1.82, 2.24) is 4.31 Å². The van der Waals surface area contributed by atoms with Crippen molar-refractivity contribution >= 4 is 33.2 Å². The molecule has 1 amide bonds. The van der Waals surface area contributed by atoms with E-state index >= 15 is 0 Å². The number of carbonyl (C=O) groups excluding carboxylic acids is 1. The van der Waals surface area contributed by atoms with Crippen LogP contribution in [0.2, 0.25) is 5.02 Å². The Morgan fingerprint density at radius 3 is 2.30 bits per heavy atom. The van der Waals surface area contributed by atoms with Gasteiger partial charge >= 0.3 is 0 Å². The normalized spacial score (nSPS) is 11.3. The highest BCUT2D eigenvalue weighted by molar-refractivity contribution is 7.89. The Kier molecular flexibility index (Phi) is 8.32. The summed E-state index contributed by atoms with van der Waals surface area (Å²) in [7, 11) is -0.938. The molecule has 1 N–H and O–H groups in total. The van der Waals surface area contributed by atoms with Gasteiger partial charge in [-0.2, -0.15) is 4.31 Å². The lowest BCUT2D eigenvalue weighted by Crippen LogP contribution is -2.39. The minimum absolute atomic E-state index is 0.0646. The molecule has 174 valence electrons. The van der Waals surface area contributed by atoms with Crippen molar-refractivity contribution in [2.45, 2.75) is 11.3 Å². The number of ether oxygens (including phenoxy) is 2. The molecule has 0 saturated carbocycles. The summed E-state index contributed by atoms with van der Waals surface area (Å²) in [6.45, 7) is -0.241. The first-order valence-electron chi connectivity index (χ1n) is 10.1. The van der Waals surface area contributed by atoms with Gasteiger partial charge in [0.05, 0.1) is 31.3 Å². The third kappa shape index (κ3) is 6.47. The summed E-state index contributed by atoms with van der Waals surface area (Å²) >= 11 is 5.91. The zero-order valence-electron chi connectivity index (χ0n) is 18.3. The van der Waals surface area contributed by atoms with Gasteiger partial charge in [-0.1, -0.05) is 41.9 Å². The Bertz CT molecular complexity index is 1190. The molecule has 0 fully saturated rings. The molecule has 0 aliphatic rings. The Labute approximate surface area is 198 Å². The average Bonchev–Trinajstić information content (AvgIpc) is 2.82.